The van der Waals surface area contributed by atoms with Gasteiger partial charge in [-0.2, -0.15) is 4.31 Å². The number of rotatable bonds is 3. The largest absolute Gasteiger partial charge is 0.337 e. The number of halogens is 1. The van der Waals surface area contributed by atoms with Crippen LogP contribution in [0.1, 0.15) is 36.7 Å². The Morgan fingerprint density at radius 2 is 2.09 bits per heavy atom. The number of aromatic nitrogens is 2. The van der Waals surface area contributed by atoms with Crippen molar-refractivity contribution < 1.29 is 12.8 Å². The summed E-state index contributed by atoms with van der Waals surface area (Å²) in [5.74, 6) is 0.294. The summed E-state index contributed by atoms with van der Waals surface area (Å²) in [6.07, 6.45) is 3.95. The lowest BCUT2D eigenvalue weighted by molar-refractivity contribution is 0.255. The van der Waals surface area contributed by atoms with Gasteiger partial charge >= 0.3 is 0 Å². The van der Waals surface area contributed by atoms with Gasteiger partial charge < -0.3 is 4.57 Å². The Hall–Kier alpha value is -1.73. The standard InChI is InChI=1S/C16H20FN3O2S/c1-12-18-16(11-19(12)2)23(21,22)20-9-4-3-8-15(20)13-6-5-7-14(17)10-13/h5-7,10-11,15H,3-4,8-9H2,1-2H3/t15-/m1/s1. The van der Waals surface area contributed by atoms with E-state index in [0.717, 1.165) is 12.8 Å². The van der Waals surface area contributed by atoms with Crippen LogP contribution in [0.25, 0.3) is 0 Å². The van der Waals surface area contributed by atoms with Gasteiger partial charge in [-0.25, -0.2) is 17.8 Å². The molecule has 0 amide bonds. The Balaban J connectivity index is 2.01. The molecule has 0 N–H and O–H groups in total. The third-order valence-electron chi connectivity index (χ3n) is 4.35. The minimum absolute atomic E-state index is 0.0563. The van der Waals surface area contributed by atoms with Crippen molar-refractivity contribution in [2.24, 2.45) is 7.05 Å². The molecule has 1 aliphatic rings. The van der Waals surface area contributed by atoms with E-state index in [1.165, 1.54) is 22.6 Å². The molecule has 5 nitrogen and oxygen atoms in total. The number of piperidine rings is 1. The summed E-state index contributed by atoms with van der Waals surface area (Å²) in [5, 5.41) is 0.0563. The molecule has 3 rings (SSSR count). The highest BCUT2D eigenvalue weighted by atomic mass is 32.2. The molecule has 1 atom stereocenters. The monoisotopic (exact) mass is 337 g/mol. The van der Waals surface area contributed by atoms with Crippen LogP contribution < -0.4 is 0 Å². The van der Waals surface area contributed by atoms with Gasteiger partial charge in [-0.3, -0.25) is 0 Å². The topological polar surface area (TPSA) is 55.2 Å². The number of nitrogens with zero attached hydrogens (tertiary/aromatic N) is 3. The Kier molecular flexibility index (Phi) is 4.25. The molecule has 0 radical (unpaired) electrons. The second-order valence-electron chi connectivity index (χ2n) is 5.92. The molecule has 2 heterocycles. The fourth-order valence-electron chi connectivity index (χ4n) is 3.01. The van der Waals surface area contributed by atoms with Crippen LogP contribution >= 0.6 is 0 Å². The molecule has 0 unspecified atom stereocenters. The minimum Gasteiger partial charge on any atom is -0.337 e. The van der Waals surface area contributed by atoms with Gasteiger partial charge in [0.2, 0.25) is 0 Å². The molecule has 0 spiro atoms. The van der Waals surface area contributed by atoms with Crippen LogP contribution in [0.5, 0.6) is 0 Å². The van der Waals surface area contributed by atoms with Gasteiger partial charge in [0.1, 0.15) is 11.6 Å². The average molecular weight is 337 g/mol. The van der Waals surface area contributed by atoms with E-state index in [1.54, 1.807) is 30.7 Å². The summed E-state index contributed by atoms with van der Waals surface area (Å²) in [4.78, 5) is 4.16. The number of hydrogen-bond donors (Lipinski definition) is 0. The first kappa shape index (κ1) is 16.1. The Bertz CT molecular complexity index is 797. The fraction of sp³-hybridized carbons (Fsp3) is 0.438. The maximum atomic E-state index is 13.5. The molecule has 1 aromatic carbocycles. The zero-order chi connectivity index (χ0) is 16.6. The normalized spacial score (nSPS) is 19.9. The summed E-state index contributed by atoms with van der Waals surface area (Å²) in [6, 6.07) is 5.85. The molecule has 1 aromatic heterocycles. The summed E-state index contributed by atoms with van der Waals surface area (Å²) in [5.41, 5.74) is 0.695. The van der Waals surface area contributed by atoms with Gasteiger partial charge in [0.25, 0.3) is 10.0 Å². The van der Waals surface area contributed by atoms with Crippen LogP contribution in [0.15, 0.2) is 35.5 Å². The lowest BCUT2D eigenvalue weighted by Crippen LogP contribution is -2.38. The molecule has 124 valence electrons. The quantitative estimate of drug-likeness (QED) is 0.865. The molecule has 0 aliphatic carbocycles. The van der Waals surface area contributed by atoms with Gasteiger partial charge in [-0.1, -0.05) is 18.6 Å². The molecule has 0 saturated carbocycles. The molecule has 2 aromatic rings. The number of hydrogen-bond acceptors (Lipinski definition) is 3. The molecule has 0 bridgehead atoms. The highest BCUT2D eigenvalue weighted by Gasteiger charge is 2.36. The Morgan fingerprint density at radius 1 is 1.30 bits per heavy atom. The van der Waals surface area contributed by atoms with Gasteiger partial charge in [0.15, 0.2) is 5.03 Å². The van der Waals surface area contributed by atoms with Crippen LogP contribution in [0.3, 0.4) is 0 Å². The van der Waals surface area contributed by atoms with Crippen LogP contribution in [0.2, 0.25) is 0 Å². The molecule has 23 heavy (non-hydrogen) atoms. The molecule has 1 fully saturated rings. The smallest absolute Gasteiger partial charge is 0.262 e. The number of imidazole rings is 1. The summed E-state index contributed by atoms with van der Waals surface area (Å²) in [7, 11) is -1.93. The highest BCUT2D eigenvalue weighted by molar-refractivity contribution is 7.89. The predicted molar refractivity (Wildman–Crippen MR) is 84.8 cm³/mol. The molecular formula is C16H20FN3O2S. The summed E-state index contributed by atoms with van der Waals surface area (Å²) >= 11 is 0. The second kappa shape index (κ2) is 6.05. The highest BCUT2D eigenvalue weighted by Crippen LogP contribution is 2.35. The van der Waals surface area contributed by atoms with Crippen LogP contribution in [-0.2, 0) is 17.1 Å². The zero-order valence-electron chi connectivity index (χ0n) is 13.2. The summed E-state index contributed by atoms with van der Waals surface area (Å²) in [6.45, 7) is 2.19. The SMILES string of the molecule is Cc1nc(S(=O)(=O)N2CCCC[C@@H]2c2cccc(F)c2)cn1C. The first-order valence-electron chi connectivity index (χ1n) is 7.67. The van der Waals surface area contributed by atoms with Crippen LogP contribution in [-0.4, -0.2) is 28.8 Å². The van der Waals surface area contributed by atoms with E-state index < -0.39 is 10.0 Å². The Morgan fingerprint density at radius 3 is 2.74 bits per heavy atom. The van der Waals surface area contributed by atoms with E-state index in [4.69, 9.17) is 0 Å². The minimum atomic E-state index is -3.69. The number of sulfonamides is 1. The second-order valence-corrected chi connectivity index (χ2v) is 7.76. The van der Waals surface area contributed by atoms with Crippen molar-refractivity contribution in [3.8, 4) is 0 Å². The maximum Gasteiger partial charge on any atom is 0.262 e. The van der Waals surface area contributed by atoms with Crippen molar-refractivity contribution in [3.05, 3.63) is 47.7 Å². The van der Waals surface area contributed by atoms with Crippen molar-refractivity contribution in [1.82, 2.24) is 13.9 Å². The molecule has 7 heteroatoms. The van der Waals surface area contributed by atoms with Gasteiger partial charge in [-0.05, 0) is 37.5 Å². The average Bonchev–Trinajstić information content (AvgIpc) is 2.87. The van der Waals surface area contributed by atoms with Crippen LogP contribution in [0.4, 0.5) is 4.39 Å². The van der Waals surface area contributed by atoms with Gasteiger partial charge in [-0.15, -0.1) is 0 Å². The Labute approximate surface area is 135 Å². The van der Waals surface area contributed by atoms with E-state index in [0.29, 0.717) is 24.4 Å². The first-order chi connectivity index (χ1) is 10.9. The fourth-order valence-corrected chi connectivity index (χ4v) is 4.72. The lowest BCUT2D eigenvalue weighted by atomic mass is 9.97. The predicted octanol–water partition coefficient (Wildman–Crippen LogP) is 2.78. The molecular weight excluding hydrogens is 317 g/mol. The van der Waals surface area contributed by atoms with Gasteiger partial charge in [0.05, 0.1) is 6.04 Å². The number of benzene rings is 1. The van der Waals surface area contributed by atoms with E-state index >= 15 is 0 Å². The molecule has 1 saturated heterocycles. The first-order valence-corrected chi connectivity index (χ1v) is 9.11. The van der Waals surface area contributed by atoms with Crippen LogP contribution in [0, 0.1) is 12.7 Å². The van der Waals surface area contributed by atoms with Crippen molar-refractivity contribution in [3.63, 3.8) is 0 Å². The summed E-state index contributed by atoms with van der Waals surface area (Å²) < 4.78 is 42.7. The zero-order valence-corrected chi connectivity index (χ0v) is 14.1. The van der Waals surface area contributed by atoms with E-state index in [9.17, 15) is 12.8 Å². The third kappa shape index (κ3) is 3.03. The van der Waals surface area contributed by atoms with E-state index in [-0.39, 0.29) is 16.9 Å². The van der Waals surface area contributed by atoms with Crippen molar-refractivity contribution in [1.29, 1.82) is 0 Å². The third-order valence-corrected chi connectivity index (χ3v) is 6.13. The number of aryl methyl sites for hydroxylation is 2. The lowest BCUT2D eigenvalue weighted by Gasteiger charge is -2.34. The molecule has 1 aliphatic heterocycles. The van der Waals surface area contributed by atoms with Crippen molar-refractivity contribution >= 4 is 10.0 Å². The van der Waals surface area contributed by atoms with E-state index in [1.807, 2.05) is 0 Å². The van der Waals surface area contributed by atoms with Gasteiger partial charge in [0, 0.05) is 19.8 Å². The van der Waals surface area contributed by atoms with Crippen molar-refractivity contribution in [2.45, 2.75) is 37.3 Å². The van der Waals surface area contributed by atoms with Crippen molar-refractivity contribution in [2.75, 3.05) is 6.54 Å². The van der Waals surface area contributed by atoms with E-state index in [2.05, 4.69) is 4.98 Å². The maximum absolute atomic E-state index is 13.5.